The topological polar surface area (TPSA) is 131 Å². The molecule has 3 aromatic carbocycles. The first-order chi connectivity index (χ1) is 27.3. The van der Waals surface area contributed by atoms with Crippen LogP contribution in [0.3, 0.4) is 0 Å². The summed E-state index contributed by atoms with van der Waals surface area (Å²) in [6, 6.07) is 17.0. The standard InChI is InChI=1S/C47H53N3O6/c1-29-5-4-7-39-22-38(52)14-12-31-20-44(43(53)19-34(31)25-51)56-26-35-18-37(47-15-16-54-27-36(47)13-11-30-6-2-3-8-42(30)47)17-33-23-50(24-40(33)35)46-41(28-55-39)32(10-9-29)21-45(48)49-46/h2-3,6,8,17-21,23-24,29,36,38-39,45,49,51-53H,4-5,7,11-16,22,25-28,48H2,1H3/t29-,36-,38-,39+,45?,47-/m1/s1. The zero-order valence-electron chi connectivity index (χ0n) is 32.2. The van der Waals surface area contributed by atoms with Crippen molar-refractivity contribution in [1.82, 2.24) is 9.88 Å². The zero-order chi connectivity index (χ0) is 38.4. The van der Waals surface area contributed by atoms with Crippen molar-refractivity contribution in [2.75, 3.05) is 19.8 Å². The Morgan fingerprint density at radius 2 is 1.88 bits per heavy atom. The van der Waals surface area contributed by atoms with Crippen LogP contribution in [0.15, 0.2) is 78.1 Å². The average molecular weight is 756 g/mol. The minimum absolute atomic E-state index is 0.0224. The lowest BCUT2D eigenvalue weighted by molar-refractivity contribution is 0.00498. The lowest BCUT2D eigenvalue weighted by Gasteiger charge is -2.49. The number of aliphatic hydroxyl groups excluding tert-OH is 2. The summed E-state index contributed by atoms with van der Waals surface area (Å²) in [5.74, 6) is 8.66. The van der Waals surface area contributed by atoms with Gasteiger partial charge in [0.2, 0.25) is 0 Å². The van der Waals surface area contributed by atoms with Crippen LogP contribution >= 0.6 is 0 Å². The van der Waals surface area contributed by atoms with Crippen molar-refractivity contribution < 1.29 is 29.5 Å². The third-order valence-corrected chi connectivity index (χ3v) is 13.0. The normalized spacial score (nSPS) is 28.0. The molecule has 1 aromatic heterocycles. The molecule has 9 nitrogen and oxygen atoms in total. The van der Waals surface area contributed by atoms with Crippen LogP contribution in [-0.4, -0.2) is 58.1 Å². The van der Waals surface area contributed by atoms with Crippen molar-refractivity contribution in [2.24, 2.45) is 17.6 Å². The summed E-state index contributed by atoms with van der Waals surface area (Å²) in [5, 5.41) is 38.5. The number of rotatable bonds is 2. The van der Waals surface area contributed by atoms with Crippen molar-refractivity contribution in [2.45, 2.75) is 102 Å². The molecule has 0 saturated carbocycles. The number of hydrogen-bond donors (Lipinski definition) is 5. The second kappa shape index (κ2) is 15.4. The Labute approximate surface area is 329 Å². The number of fused-ring (bicyclic) bond motifs is 9. The molecule has 1 unspecified atom stereocenters. The fourth-order valence-corrected chi connectivity index (χ4v) is 9.99. The number of aromatic nitrogens is 1. The number of hydrogen-bond acceptors (Lipinski definition) is 8. The van der Waals surface area contributed by atoms with E-state index >= 15 is 0 Å². The molecule has 56 heavy (non-hydrogen) atoms. The van der Waals surface area contributed by atoms with Gasteiger partial charge in [-0.15, -0.1) is 0 Å². The summed E-state index contributed by atoms with van der Waals surface area (Å²) < 4.78 is 21.6. The van der Waals surface area contributed by atoms with Gasteiger partial charge >= 0.3 is 0 Å². The predicted molar refractivity (Wildman–Crippen MR) is 217 cm³/mol. The van der Waals surface area contributed by atoms with E-state index in [1.165, 1.54) is 16.7 Å². The second-order valence-electron chi connectivity index (χ2n) is 16.6. The van der Waals surface area contributed by atoms with Crippen LogP contribution in [0.4, 0.5) is 0 Å². The Kier molecular flexibility index (Phi) is 10.2. The maximum Gasteiger partial charge on any atom is 0.161 e. The van der Waals surface area contributed by atoms with Gasteiger partial charge in [0.1, 0.15) is 12.4 Å². The summed E-state index contributed by atoms with van der Waals surface area (Å²) in [5.41, 5.74) is 14.7. The van der Waals surface area contributed by atoms with Gasteiger partial charge in [0.15, 0.2) is 11.5 Å². The number of phenolic OH excluding ortho intramolecular Hbond substituents is 1. The third kappa shape index (κ3) is 6.92. The Morgan fingerprint density at radius 1 is 1.00 bits per heavy atom. The van der Waals surface area contributed by atoms with E-state index in [0.717, 1.165) is 84.0 Å². The van der Waals surface area contributed by atoms with Gasteiger partial charge in [-0.25, -0.2) is 0 Å². The molecule has 5 heterocycles. The Balaban J connectivity index is 1.25. The van der Waals surface area contributed by atoms with Crippen LogP contribution in [0.25, 0.3) is 16.6 Å². The van der Waals surface area contributed by atoms with Gasteiger partial charge < -0.3 is 45.1 Å². The second-order valence-corrected chi connectivity index (χ2v) is 16.6. The molecule has 5 aliphatic rings. The molecule has 9 rings (SSSR count). The summed E-state index contributed by atoms with van der Waals surface area (Å²) in [7, 11) is 0. The molecule has 6 atom stereocenters. The summed E-state index contributed by atoms with van der Waals surface area (Å²) in [6.45, 7) is 3.87. The number of dihydropyridines is 1. The van der Waals surface area contributed by atoms with Gasteiger partial charge in [-0.2, -0.15) is 0 Å². The number of aryl methyl sites for hydroxylation is 2. The van der Waals surface area contributed by atoms with Gasteiger partial charge in [-0.1, -0.05) is 49.1 Å². The fraction of sp³-hybridized carbons (Fsp3) is 0.447. The molecule has 0 radical (unpaired) electrons. The van der Waals surface area contributed by atoms with Crippen LogP contribution in [-0.2, 0) is 40.9 Å². The van der Waals surface area contributed by atoms with Crippen LogP contribution in [0.5, 0.6) is 11.5 Å². The number of phenols is 1. The number of nitrogens with one attached hydrogen (secondary N) is 1. The molecule has 4 aromatic rings. The monoisotopic (exact) mass is 755 g/mol. The largest absolute Gasteiger partial charge is 0.504 e. The molecular formula is C47H53N3O6. The minimum atomic E-state index is -0.621. The first-order valence-corrected chi connectivity index (χ1v) is 20.5. The highest BCUT2D eigenvalue weighted by molar-refractivity contribution is 5.88. The summed E-state index contributed by atoms with van der Waals surface area (Å²) >= 11 is 0. The zero-order valence-corrected chi connectivity index (χ0v) is 32.2. The smallest absolute Gasteiger partial charge is 0.161 e. The highest BCUT2D eigenvalue weighted by atomic mass is 16.5. The van der Waals surface area contributed by atoms with E-state index in [1.54, 1.807) is 6.07 Å². The molecule has 4 aliphatic heterocycles. The number of nitrogens with zero attached hydrogens (tertiary/aromatic N) is 1. The molecule has 0 amide bonds. The van der Waals surface area contributed by atoms with E-state index in [2.05, 4.69) is 77.4 Å². The van der Waals surface area contributed by atoms with E-state index in [0.29, 0.717) is 49.7 Å². The highest BCUT2D eigenvalue weighted by Gasteiger charge is 2.47. The van der Waals surface area contributed by atoms with Crippen molar-refractivity contribution >= 4 is 16.6 Å². The van der Waals surface area contributed by atoms with Crippen LogP contribution in [0.2, 0.25) is 0 Å². The first kappa shape index (κ1) is 37.0. The van der Waals surface area contributed by atoms with E-state index in [4.69, 9.17) is 19.9 Å². The maximum absolute atomic E-state index is 11.4. The van der Waals surface area contributed by atoms with Crippen molar-refractivity contribution in [3.05, 3.63) is 112 Å². The third-order valence-electron chi connectivity index (χ3n) is 13.0. The van der Waals surface area contributed by atoms with Crippen molar-refractivity contribution in [3.8, 4) is 23.3 Å². The van der Waals surface area contributed by atoms with Gasteiger partial charge in [-0.05, 0) is 121 Å². The number of ether oxygens (including phenoxy) is 3. The predicted octanol–water partition coefficient (Wildman–Crippen LogP) is 6.58. The van der Waals surface area contributed by atoms with Crippen LogP contribution in [0, 0.1) is 23.7 Å². The lowest BCUT2D eigenvalue weighted by atomic mass is 9.57. The Morgan fingerprint density at radius 3 is 2.77 bits per heavy atom. The summed E-state index contributed by atoms with van der Waals surface area (Å²) in [6.07, 6.45) is 12.2. The number of aromatic hydroxyl groups is 1. The summed E-state index contributed by atoms with van der Waals surface area (Å²) in [4.78, 5) is 0. The Hall–Kier alpha value is -4.56. The average Bonchev–Trinajstić information content (AvgIpc) is 3.64. The molecule has 6 N–H and O–H groups in total. The van der Waals surface area contributed by atoms with Crippen molar-refractivity contribution in [3.63, 3.8) is 0 Å². The number of aliphatic hydroxyl groups is 2. The molecule has 1 aliphatic carbocycles. The van der Waals surface area contributed by atoms with E-state index in [9.17, 15) is 15.3 Å². The van der Waals surface area contributed by atoms with E-state index in [-0.39, 0.29) is 36.4 Å². The van der Waals surface area contributed by atoms with E-state index in [1.807, 2.05) is 12.1 Å². The Bertz CT molecular complexity index is 2260. The minimum Gasteiger partial charge on any atom is -0.504 e. The van der Waals surface area contributed by atoms with Crippen LogP contribution in [0.1, 0.15) is 85.3 Å². The molecule has 9 heteroatoms. The number of nitrogens with two attached hydrogens (primary N) is 1. The molecular weight excluding hydrogens is 703 g/mol. The molecule has 1 saturated heterocycles. The van der Waals surface area contributed by atoms with Gasteiger partial charge in [0.25, 0.3) is 0 Å². The van der Waals surface area contributed by atoms with E-state index < -0.39 is 12.3 Å². The molecule has 1 fully saturated rings. The van der Waals surface area contributed by atoms with Crippen LogP contribution < -0.4 is 15.8 Å². The maximum atomic E-state index is 11.4. The quantitative estimate of drug-likeness (QED) is 0.145. The van der Waals surface area contributed by atoms with Gasteiger partial charge in [0.05, 0.1) is 38.2 Å². The molecule has 6 bridgehead atoms. The molecule has 292 valence electrons. The SMILES string of the molecule is C[C@H]1C#CC2=CC(N)NC3=C2CO[C@@H](CCC1)C[C@H](O)CCc1cc(c(O)cc1CO)OCc1cc([C@@]24CCOC[C@H]2CCc2ccccc24)cc2cn3cc12. The van der Waals surface area contributed by atoms with Crippen molar-refractivity contribution in [1.29, 1.82) is 0 Å². The lowest BCUT2D eigenvalue weighted by Crippen LogP contribution is -2.47. The fourth-order valence-electron chi connectivity index (χ4n) is 9.99. The highest BCUT2D eigenvalue weighted by Crippen LogP contribution is 2.52. The first-order valence-electron chi connectivity index (χ1n) is 20.5. The number of benzene rings is 3. The molecule has 0 spiro atoms. The van der Waals surface area contributed by atoms with Gasteiger partial charge in [0, 0.05) is 52.3 Å². The van der Waals surface area contributed by atoms with Gasteiger partial charge in [-0.3, -0.25) is 0 Å².